The van der Waals surface area contributed by atoms with E-state index in [2.05, 4.69) is 10.1 Å². The van der Waals surface area contributed by atoms with Gasteiger partial charge >= 0.3 is 5.97 Å². The molecule has 1 heterocycles. The minimum Gasteiger partial charge on any atom is -0.467 e. The van der Waals surface area contributed by atoms with Crippen molar-refractivity contribution in [3.8, 4) is 0 Å². The summed E-state index contributed by atoms with van der Waals surface area (Å²) in [4.78, 5) is 10.9. The van der Waals surface area contributed by atoms with Crippen LogP contribution in [0.5, 0.6) is 0 Å². The van der Waals surface area contributed by atoms with Crippen molar-refractivity contribution in [2.75, 3.05) is 26.8 Å². The summed E-state index contributed by atoms with van der Waals surface area (Å²) in [5, 5.41) is 3.12. The van der Waals surface area contributed by atoms with Gasteiger partial charge in [0.15, 0.2) is 6.10 Å². The van der Waals surface area contributed by atoms with Gasteiger partial charge in [0.25, 0.3) is 0 Å². The van der Waals surface area contributed by atoms with Gasteiger partial charge in [0, 0.05) is 6.54 Å². The molecule has 1 aliphatic heterocycles. The van der Waals surface area contributed by atoms with Crippen molar-refractivity contribution in [1.82, 2.24) is 5.32 Å². The third-order valence-corrected chi connectivity index (χ3v) is 1.65. The molecular weight excluding hydrogens is 182 g/mol. The molecule has 0 amide bonds. The Hall–Kier alpha value is -0.320. The number of carbonyl (C=O) groups excluding carboxylic acids is 1. The van der Waals surface area contributed by atoms with E-state index < -0.39 is 0 Å². The number of hydrogen-bond acceptors (Lipinski definition) is 4. The Balaban J connectivity index is 0.00000121. The number of nitrogens with one attached hydrogen (secondary N) is 1. The molecule has 1 saturated heterocycles. The number of carbonyl (C=O) groups is 1. The predicted octanol–water partition coefficient (Wildman–Crippen LogP) is -0.0403. The number of esters is 1. The average molecular weight is 196 g/mol. The van der Waals surface area contributed by atoms with Gasteiger partial charge in [0.1, 0.15) is 0 Å². The van der Waals surface area contributed by atoms with Crippen LogP contribution < -0.4 is 5.32 Å². The van der Waals surface area contributed by atoms with Crippen LogP contribution in [0.15, 0.2) is 0 Å². The molecule has 1 aliphatic rings. The molecule has 0 spiro atoms. The lowest BCUT2D eigenvalue weighted by Gasteiger charge is -2.10. The van der Waals surface area contributed by atoms with Gasteiger partial charge in [-0.05, 0) is 13.0 Å². The van der Waals surface area contributed by atoms with Gasteiger partial charge in [-0.3, -0.25) is 0 Å². The first kappa shape index (κ1) is 11.7. The van der Waals surface area contributed by atoms with Crippen LogP contribution in [0.2, 0.25) is 0 Å². The second kappa shape index (κ2) is 6.22. The second-order valence-corrected chi connectivity index (χ2v) is 2.42. The number of halogens is 1. The van der Waals surface area contributed by atoms with Gasteiger partial charge in [-0.1, -0.05) is 0 Å². The monoisotopic (exact) mass is 195 g/mol. The lowest BCUT2D eigenvalue weighted by atomic mass is 10.2. The van der Waals surface area contributed by atoms with Crippen molar-refractivity contribution in [1.29, 1.82) is 0 Å². The standard InChI is InChI=1S/C7H13NO3.ClH/c1-10-7(9)6-2-3-8-4-5-11-6;/h6,8H,2-5H2,1H3;1H. The lowest BCUT2D eigenvalue weighted by Crippen LogP contribution is -2.25. The molecule has 0 bridgehead atoms. The van der Waals surface area contributed by atoms with Gasteiger partial charge in [-0.25, -0.2) is 4.79 Å². The van der Waals surface area contributed by atoms with E-state index >= 15 is 0 Å². The fourth-order valence-electron chi connectivity index (χ4n) is 1.03. The Morgan fingerprint density at radius 3 is 3.00 bits per heavy atom. The summed E-state index contributed by atoms with van der Waals surface area (Å²) in [6, 6.07) is 0. The van der Waals surface area contributed by atoms with E-state index in [0.717, 1.165) is 13.1 Å². The maximum Gasteiger partial charge on any atom is 0.335 e. The molecule has 1 rings (SSSR count). The van der Waals surface area contributed by atoms with Crippen molar-refractivity contribution in [3.63, 3.8) is 0 Å². The summed E-state index contributed by atoms with van der Waals surface area (Å²) < 4.78 is 9.77. The summed E-state index contributed by atoms with van der Waals surface area (Å²) in [6.45, 7) is 2.22. The van der Waals surface area contributed by atoms with E-state index in [-0.39, 0.29) is 24.5 Å². The highest BCUT2D eigenvalue weighted by molar-refractivity contribution is 5.85. The highest BCUT2D eigenvalue weighted by atomic mass is 35.5. The van der Waals surface area contributed by atoms with Gasteiger partial charge in [0.2, 0.25) is 0 Å². The largest absolute Gasteiger partial charge is 0.467 e. The molecule has 1 fully saturated rings. The number of ether oxygens (including phenoxy) is 2. The molecule has 12 heavy (non-hydrogen) atoms. The maximum atomic E-state index is 10.9. The van der Waals surface area contributed by atoms with Crippen LogP contribution in [0.3, 0.4) is 0 Å². The van der Waals surface area contributed by atoms with Crippen molar-refractivity contribution in [2.45, 2.75) is 12.5 Å². The van der Waals surface area contributed by atoms with Crippen LogP contribution in [0, 0.1) is 0 Å². The second-order valence-electron chi connectivity index (χ2n) is 2.42. The molecule has 72 valence electrons. The third-order valence-electron chi connectivity index (χ3n) is 1.65. The molecule has 1 unspecified atom stereocenters. The van der Waals surface area contributed by atoms with Crippen molar-refractivity contribution >= 4 is 18.4 Å². The SMILES string of the molecule is COC(=O)C1CCNCCO1.Cl. The number of hydrogen-bond donors (Lipinski definition) is 1. The Morgan fingerprint density at radius 2 is 2.33 bits per heavy atom. The molecule has 0 aromatic heterocycles. The maximum absolute atomic E-state index is 10.9. The van der Waals surface area contributed by atoms with Crippen LogP contribution in [0.4, 0.5) is 0 Å². The normalized spacial score (nSPS) is 23.6. The Bertz CT molecular complexity index is 135. The molecule has 0 saturated carbocycles. The minimum atomic E-state index is -0.366. The zero-order chi connectivity index (χ0) is 8.10. The smallest absolute Gasteiger partial charge is 0.335 e. The topological polar surface area (TPSA) is 47.6 Å². The summed E-state index contributed by atoms with van der Waals surface area (Å²) >= 11 is 0. The van der Waals surface area contributed by atoms with Gasteiger partial charge in [-0.15, -0.1) is 12.4 Å². The number of rotatable bonds is 1. The fourth-order valence-corrected chi connectivity index (χ4v) is 1.03. The first-order valence-electron chi connectivity index (χ1n) is 3.74. The summed E-state index contributed by atoms with van der Waals surface area (Å²) in [6.07, 6.45) is 0.335. The molecule has 0 aromatic carbocycles. The van der Waals surface area contributed by atoms with Gasteiger partial charge in [0.05, 0.1) is 13.7 Å². The molecular formula is C7H14ClNO3. The summed E-state index contributed by atoms with van der Waals surface area (Å²) in [5.74, 6) is -0.270. The summed E-state index contributed by atoms with van der Waals surface area (Å²) in [5.41, 5.74) is 0. The zero-order valence-electron chi connectivity index (χ0n) is 7.04. The highest BCUT2D eigenvalue weighted by Crippen LogP contribution is 2.02. The van der Waals surface area contributed by atoms with E-state index in [1.807, 2.05) is 0 Å². The van der Waals surface area contributed by atoms with E-state index in [4.69, 9.17) is 4.74 Å². The molecule has 0 aliphatic carbocycles. The van der Waals surface area contributed by atoms with Crippen LogP contribution in [-0.2, 0) is 14.3 Å². The Kier molecular flexibility index (Phi) is 6.06. The first-order chi connectivity index (χ1) is 5.34. The quantitative estimate of drug-likeness (QED) is 0.597. The lowest BCUT2D eigenvalue weighted by molar-refractivity contribution is -0.153. The molecule has 0 aromatic rings. The number of methoxy groups -OCH3 is 1. The van der Waals surface area contributed by atoms with Crippen LogP contribution >= 0.6 is 12.4 Å². The first-order valence-corrected chi connectivity index (χ1v) is 3.74. The van der Waals surface area contributed by atoms with E-state index in [9.17, 15) is 4.79 Å². The Morgan fingerprint density at radius 1 is 1.58 bits per heavy atom. The van der Waals surface area contributed by atoms with E-state index in [1.54, 1.807) is 0 Å². The van der Waals surface area contributed by atoms with E-state index in [0.29, 0.717) is 13.0 Å². The van der Waals surface area contributed by atoms with Gasteiger partial charge in [-0.2, -0.15) is 0 Å². The molecule has 0 radical (unpaired) electrons. The van der Waals surface area contributed by atoms with Crippen LogP contribution in [-0.4, -0.2) is 38.9 Å². The van der Waals surface area contributed by atoms with Gasteiger partial charge < -0.3 is 14.8 Å². The minimum absolute atomic E-state index is 0. The van der Waals surface area contributed by atoms with Crippen molar-refractivity contribution in [3.05, 3.63) is 0 Å². The van der Waals surface area contributed by atoms with Crippen LogP contribution in [0.25, 0.3) is 0 Å². The molecule has 5 heteroatoms. The third kappa shape index (κ3) is 3.38. The van der Waals surface area contributed by atoms with E-state index in [1.165, 1.54) is 7.11 Å². The zero-order valence-corrected chi connectivity index (χ0v) is 7.86. The Labute approximate surface area is 78.0 Å². The predicted molar refractivity (Wildman–Crippen MR) is 46.5 cm³/mol. The highest BCUT2D eigenvalue weighted by Gasteiger charge is 2.20. The van der Waals surface area contributed by atoms with Crippen molar-refractivity contribution in [2.24, 2.45) is 0 Å². The average Bonchev–Trinajstić information content (AvgIpc) is 2.30. The molecule has 4 nitrogen and oxygen atoms in total. The molecule has 1 atom stereocenters. The summed E-state index contributed by atoms with van der Waals surface area (Å²) in [7, 11) is 1.38. The molecule has 1 N–H and O–H groups in total. The van der Waals surface area contributed by atoms with Crippen LogP contribution in [0.1, 0.15) is 6.42 Å². The fraction of sp³-hybridized carbons (Fsp3) is 0.857. The van der Waals surface area contributed by atoms with Crippen molar-refractivity contribution < 1.29 is 14.3 Å².